The number of hydrogen-bond donors (Lipinski definition) is 0. The van der Waals surface area contributed by atoms with Crippen molar-refractivity contribution in [3.63, 3.8) is 0 Å². The molecule has 12 heavy (non-hydrogen) atoms. The van der Waals surface area contributed by atoms with Crippen LogP contribution in [0.1, 0.15) is 17.7 Å². The molecule has 0 unspecified atom stereocenters. The number of hydrogen-bond acceptors (Lipinski definition) is 1. The van der Waals surface area contributed by atoms with Gasteiger partial charge in [-0.1, -0.05) is 12.0 Å². The zero-order chi connectivity index (χ0) is 8.39. The molecule has 0 aromatic carbocycles. The SMILES string of the molecule is IC1=Cc2cccnc2C#CC1. The normalized spacial score (nSPS) is 13.6. The number of halogens is 1. The van der Waals surface area contributed by atoms with E-state index in [0.717, 1.165) is 17.7 Å². The molecule has 1 aromatic rings. The number of allylic oxidation sites excluding steroid dienone is 1. The fourth-order valence-corrected chi connectivity index (χ4v) is 1.60. The molecule has 0 bridgehead atoms. The molecule has 1 aliphatic rings. The van der Waals surface area contributed by atoms with Crippen LogP contribution in [-0.4, -0.2) is 4.98 Å². The molecule has 0 spiro atoms. The molecular weight excluding hydrogens is 261 g/mol. The third-order valence-corrected chi connectivity index (χ3v) is 2.31. The minimum atomic E-state index is 0.844. The summed E-state index contributed by atoms with van der Waals surface area (Å²) in [6.07, 6.45) is 4.74. The molecule has 2 heteroatoms. The van der Waals surface area contributed by atoms with Crippen LogP contribution in [0, 0.1) is 11.8 Å². The quantitative estimate of drug-likeness (QED) is 0.520. The Morgan fingerprint density at radius 2 is 2.42 bits per heavy atom. The molecule has 0 fully saturated rings. The highest BCUT2D eigenvalue weighted by Crippen LogP contribution is 2.19. The van der Waals surface area contributed by atoms with Crippen molar-refractivity contribution < 1.29 is 0 Å². The fraction of sp³-hybridized carbons (Fsp3) is 0.100. The summed E-state index contributed by atoms with van der Waals surface area (Å²) in [4.78, 5) is 4.19. The van der Waals surface area contributed by atoms with Gasteiger partial charge < -0.3 is 0 Å². The summed E-state index contributed by atoms with van der Waals surface area (Å²) in [6.45, 7) is 0. The van der Waals surface area contributed by atoms with Gasteiger partial charge in [0.2, 0.25) is 0 Å². The van der Waals surface area contributed by atoms with Gasteiger partial charge in [-0.15, -0.1) is 0 Å². The lowest BCUT2D eigenvalue weighted by atomic mass is 10.2. The van der Waals surface area contributed by atoms with Crippen molar-refractivity contribution in [2.75, 3.05) is 0 Å². The molecule has 1 heterocycles. The van der Waals surface area contributed by atoms with Gasteiger partial charge in [-0.3, -0.25) is 0 Å². The maximum absolute atomic E-state index is 4.19. The van der Waals surface area contributed by atoms with Crippen LogP contribution in [0.5, 0.6) is 0 Å². The largest absolute Gasteiger partial charge is 0.247 e. The van der Waals surface area contributed by atoms with Crippen LogP contribution in [0.15, 0.2) is 21.9 Å². The molecule has 0 N–H and O–H groups in total. The van der Waals surface area contributed by atoms with Gasteiger partial charge in [-0.2, -0.15) is 0 Å². The molecule has 0 atom stereocenters. The minimum Gasteiger partial charge on any atom is -0.247 e. The van der Waals surface area contributed by atoms with Crippen molar-refractivity contribution in [1.29, 1.82) is 0 Å². The highest BCUT2D eigenvalue weighted by molar-refractivity contribution is 14.1. The van der Waals surface area contributed by atoms with Gasteiger partial charge in [0.1, 0.15) is 5.69 Å². The number of nitrogens with zero attached hydrogens (tertiary/aromatic N) is 1. The van der Waals surface area contributed by atoms with Gasteiger partial charge >= 0.3 is 0 Å². The van der Waals surface area contributed by atoms with Gasteiger partial charge in [0, 0.05) is 21.8 Å². The Kier molecular flexibility index (Phi) is 2.13. The van der Waals surface area contributed by atoms with E-state index >= 15 is 0 Å². The van der Waals surface area contributed by atoms with Crippen molar-refractivity contribution in [3.8, 4) is 11.8 Å². The van der Waals surface area contributed by atoms with E-state index in [-0.39, 0.29) is 0 Å². The third kappa shape index (κ3) is 1.51. The first-order chi connectivity index (χ1) is 5.86. The van der Waals surface area contributed by atoms with Gasteiger partial charge in [0.25, 0.3) is 0 Å². The maximum Gasteiger partial charge on any atom is 0.120 e. The predicted octanol–water partition coefficient (Wildman–Crippen LogP) is 2.61. The summed E-state index contributed by atoms with van der Waals surface area (Å²) >= 11 is 2.31. The topological polar surface area (TPSA) is 12.9 Å². The molecule has 2 rings (SSSR count). The molecule has 1 aliphatic carbocycles. The summed E-state index contributed by atoms with van der Waals surface area (Å²) in [5, 5.41) is 0. The maximum atomic E-state index is 4.19. The first kappa shape index (κ1) is 7.81. The summed E-state index contributed by atoms with van der Waals surface area (Å²) < 4.78 is 1.27. The monoisotopic (exact) mass is 267 g/mol. The van der Waals surface area contributed by atoms with E-state index in [1.54, 1.807) is 6.20 Å². The number of aromatic nitrogens is 1. The lowest BCUT2D eigenvalue weighted by Crippen LogP contribution is -1.84. The van der Waals surface area contributed by atoms with Crippen LogP contribution < -0.4 is 0 Å². The lowest BCUT2D eigenvalue weighted by molar-refractivity contribution is 1.28. The average Bonchev–Trinajstić information content (AvgIpc) is 2.25. The summed E-state index contributed by atoms with van der Waals surface area (Å²) in [7, 11) is 0. The third-order valence-electron chi connectivity index (χ3n) is 1.62. The van der Waals surface area contributed by atoms with Crippen LogP contribution >= 0.6 is 22.6 Å². The molecule has 0 aliphatic heterocycles. The lowest BCUT2D eigenvalue weighted by Gasteiger charge is -1.95. The molecular formula is C10H6IN. The Balaban J connectivity index is 2.62. The Morgan fingerprint density at radius 3 is 3.33 bits per heavy atom. The van der Waals surface area contributed by atoms with Gasteiger partial charge in [-0.25, -0.2) is 4.98 Å². The van der Waals surface area contributed by atoms with E-state index in [2.05, 4.69) is 45.5 Å². The molecule has 58 valence electrons. The number of rotatable bonds is 0. The zero-order valence-electron chi connectivity index (χ0n) is 6.34. The van der Waals surface area contributed by atoms with Crippen LogP contribution in [-0.2, 0) is 0 Å². The highest BCUT2D eigenvalue weighted by Gasteiger charge is 2.01. The Labute approximate surface area is 85.0 Å². The van der Waals surface area contributed by atoms with E-state index in [1.807, 2.05) is 12.1 Å². The van der Waals surface area contributed by atoms with E-state index in [0.29, 0.717) is 0 Å². The van der Waals surface area contributed by atoms with Crippen LogP contribution in [0.2, 0.25) is 0 Å². The average molecular weight is 267 g/mol. The van der Waals surface area contributed by atoms with Crippen LogP contribution in [0.3, 0.4) is 0 Å². The van der Waals surface area contributed by atoms with E-state index < -0.39 is 0 Å². The molecule has 1 nitrogen and oxygen atoms in total. The first-order valence-corrected chi connectivity index (χ1v) is 4.74. The Bertz CT molecular complexity index is 396. The minimum absolute atomic E-state index is 0.844. The smallest absolute Gasteiger partial charge is 0.120 e. The summed E-state index contributed by atoms with van der Waals surface area (Å²) in [6, 6.07) is 3.98. The number of pyridine rings is 1. The first-order valence-electron chi connectivity index (χ1n) is 3.66. The molecule has 0 saturated carbocycles. The highest BCUT2D eigenvalue weighted by atomic mass is 127. The predicted molar refractivity (Wildman–Crippen MR) is 57.7 cm³/mol. The van der Waals surface area contributed by atoms with E-state index in [1.165, 1.54) is 3.58 Å². The van der Waals surface area contributed by atoms with Crippen LogP contribution in [0.4, 0.5) is 0 Å². The molecule has 0 radical (unpaired) electrons. The van der Waals surface area contributed by atoms with Crippen LogP contribution in [0.25, 0.3) is 6.08 Å². The van der Waals surface area contributed by atoms with Crippen molar-refractivity contribution in [2.24, 2.45) is 0 Å². The fourth-order valence-electron chi connectivity index (χ4n) is 1.07. The zero-order valence-corrected chi connectivity index (χ0v) is 8.50. The van der Waals surface area contributed by atoms with Gasteiger partial charge in [0.05, 0.1) is 0 Å². The Morgan fingerprint density at radius 1 is 1.50 bits per heavy atom. The molecule has 0 amide bonds. The molecule has 0 saturated heterocycles. The van der Waals surface area contributed by atoms with E-state index in [4.69, 9.17) is 0 Å². The second-order valence-electron chi connectivity index (χ2n) is 2.51. The van der Waals surface area contributed by atoms with E-state index in [9.17, 15) is 0 Å². The second-order valence-corrected chi connectivity index (χ2v) is 3.90. The summed E-state index contributed by atoms with van der Waals surface area (Å²) in [5.41, 5.74) is 2.02. The standard InChI is InChI=1S/C10H6IN/c11-9-4-1-5-10-8(7-9)3-2-6-12-10/h2-3,6-7H,4H2. The van der Waals surface area contributed by atoms with Gasteiger partial charge in [-0.05, 0) is 40.7 Å². The van der Waals surface area contributed by atoms with Crippen molar-refractivity contribution in [3.05, 3.63) is 33.2 Å². The Hall–Kier alpha value is -0.820. The number of fused-ring (bicyclic) bond motifs is 1. The second kappa shape index (κ2) is 3.28. The molecule has 1 aromatic heterocycles. The van der Waals surface area contributed by atoms with Gasteiger partial charge in [0.15, 0.2) is 0 Å². The van der Waals surface area contributed by atoms with Crippen molar-refractivity contribution in [1.82, 2.24) is 4.98 Å². The summed E-state index contributed by atoms with van der Waals surface area (Å²) in [5.74, 6) is 6.10. The van der Waals surface area contributed by atoms with Crippen molar-refractivity contribution in [2.45, 2.75) is 6.42 Å². The van der Waals surface area contributed by atoms with Crippen molar-refractivity contribution >= 4 is 28.7 Å².